The monoisotopic (exact) mass is 509 g/mol. The Kier molecular flexibility index (Phi) is 7.41. The Morgan fingerprint density at radius 1 is 1.31 bits per heavy atom. The standard InChI is InChI=1S/C26H36F3N4O3/c1-17-14-20-6-5-8-24(4,25(20,35)15-21(17)36-19(3)34)18(2)16-32-10-12-33(13-11-32)23-30-9-7-22(31-23)26(27,28)29/h7,9,14-15,18,20-21,35H,5-6,8,10-13,16H2,1-4H3/t18?,20-,21+,24+,25+/m0/s1. The first-order chi connectivity index (χ1) is 16.8. The molecule has 3 aliphatic rings. The largest absolute Gasteiger partial charge is 0.458 e. The molecule has 1 saturated heterocycles. The van der Waals surface area contributed by atoms with Crippen molar-refractivity contribution in [2.75, 3.05) is 37.6 Å². The summed E-state index contributed by atoms with van der Waals surface area (Å²) in [5, 5.41) is 12.1. The van der Waals surface area contributed by atoms with Crippen LogP contribution in [-0.4, -0.2) is 70.4 Å². The lowest BCUT2D eigenvalue weighted by Crippen LogP contribution is -2.62. The molecule has 1 radical (unpaired) electrons. The molecule has 1 N–H and O–H groups in total. The van der Waals surface area contributed by atoms with E-state index >= 15 is 0 Å². The van der Waals surface area contributed by atoms with Crippen LogP contribution >= 0.6 is 0 Å². The molecule has 1 aliphatic heterocycles. The topological polar surface area (TPSA) is 78.8 Å². The molecule has 10 heteroatoms. The molecule has 36 heavy (non-hydrogen) atoms. The first kappa shape index (κ1) is 26.9. The third-order valence-corrected chi connectivity index (χ3v) is 8.51. The second-order valence-corrected chi connectivity index (χ2v) is 10.8. The highest BCUT2D eigenvalue weighted by Gasteiger charge is 2.58. The molecule has 1 aromatic heterocycles. The minimum Gasteiger partial charge on any atom is -0.458 e. The van der Waals surface area contributed by atoms with E-state index in [1.807, 2.05) is 13.3 Å². The number of esters is 1. The summed E-state index contributed by atoms with van der Waals surface area (Å²) < 4.78 is 44.6. The van der Waals surface area contributed by atoms with Gasteiger partial charge in [0.2, 0.25) is 5.95 Å². The number of anilines is 1. The number of halogens is 3. The van der Waals surface area contributed by atoms with E-state index in [2.05, 4.69) is 34.8 Å². The highest BCUT2D eigenvalue weighted by atomic mass is 19.4. The number of nitrogens with zero attached hydrogens (tertiary/aromatic N) is 4. The zero-order chi connectivity index (χ0) is 26.3. The number of fused-ring (bicyclic) bond motifs is 1. The van der Waals surface area contributed by atoms with Gasteiger partial charge in [-0.25, -0.2) is 9.97 Å². The predicted molar refractivity (Wildman–Crippen MR) is 129 cm³/mol. The van der Waals surface area contributed by atoms with E-state index in [9.17, 15) is 23.1 Å². The van der Waals surface area contributed by atoms with E-state index in [1.54, 1.807) is 4.90 Å². The molecule has 4 rings (SSSR count). The maximum Gasteiger partial charge on any atom is 0.433 e. The second-order valence-electron chi connectivity index (χ2n) is 10.8. The molecule has 1 aromatic rings. The van der Waals surface area contributed by atoms with E-state index < -0.39 is 29.0 Å². The van der Waals surface area contributed by atoms with Crippen LogP contribution in [-0.2, 0) is 15.7 Å². The zero-order valence-electron chi connectivity index (χ0n) is 21.4. The Hall–Kier alpha value is -2.20. The molecule has 1 unspecified atom stereocenters. The van der Waals surface area contributed by atoms with Crippen molar-refractivity contribution in [3.63, 3.8) is 0 Å². The Morgan fingerprint density at radius 3 is 2.64 bits per heavy atom. The highest BCUT2D eigenvalue weighted by Crippen LogP contribution is 2.56. The van der Waals surface area contributed by atoms with Gasteiger partial charge in [-0.05, 0) is 37.3 Å². The Bertz CT molecular complexity index is 995. The maximum atomic E-state index is 13.0. The molecule has 7 nitrogen and oxygen atoms in total. The number of ether oxygens (including phenoxy) is 1. The summed E-state index contributed by atoms with van der Waals surface area (Å²) in [6.45, 7) is 10.7. The molecule has 0 bridgehead atoms. The quantitative estimate of drug-likeness (QED) is 0.477. The van der Waals surface area contributed by atoms with Crippen LogP contribution in [0.15, 0.2) is 23.9 Å². The Morgan fingerprint density at radius 2 is 2.00 bits per heavy atom. The number of alkyl halides is 3. The summed E-state index contributed by atoms with van der Waals surface area (Å²) in [6.07, 6.45) is 2.78. The summed E-state index contributed by atoms with van der Waals surface area (Å²) in [6, 6.07) is 0.884. The van der Waals surface area contributed by atoms with Gasteiger partial charge in [-0.15, -0.1) is 0 Å². The molecule has 1 saturated carbocycles. The molecule has 0 amide bonds. The third-order valence-electron chi connectivity index (χ3n) is 8.51. The van der Waals surface area contributed by atoms with Crippen molar-refractivity contribution in [1.82, 2.24) is 14.9 Å². The number of piperazine rings is 1. The van der Waals surface area contributed by atoms with E-state index in [0.717, 1.165) is 43.6 Å². The van der Waals surface area contributed by atoms with Gasteiger partial charge in [0.25, 0.3) is 0 Å². The average Bonchev–Trinajstić information content (AvgIpc) is 2.81. The van der Waals surface area contributed by atoms with Gasteiger partial charge in [-0.2, -0.15) is 13.2 Å². The van der Waals surface area contributed by atoms with Crippen molar-refractivity contribution in [2.24, 2.45) is 17.3 Å². The number of hydrogen-bond donors (Lipinski definition) is 1. The van der Waals surface area contributed by atoms with Crippen LogP contribution in [0.4, 0.5) is 19.1 Å². The summed E-state index contributed by atoms with van der Waals surface area (Å²) in [5.41, 5.74) is -1.51. The Labute approximate surface area is 210 Å². The molecule has 5 atom stereocenters. The van der Waals surface area contributed by atoms with E-state index in [4.69, 9.17) is 4.74 Å². The minimum absolute atomic E-state index is 0.0274. The number of hydrogen-bond acceptors (Lipinski definition) is 7. The van der Waals surface area contributed by atoms with Crippen LogP contribution in [0.25, 0.3) is 0 Å². The van der Waals surface area contributed by atoms with Gasteiger partial charge in [0.05, 0.1) is 5.60 Å². The fourth-order valence-electron chi connectivity index (χ4n) is 6.16. The van der Waals surface area contributed by atoms with E-state index in [-0.39, 0.29) is 23.8 Å². The lowest BCUT2D eigenvalue weighted by atomic mass is 9.51. The molecule has 0 aromatic carbocycles. The SMILES string of the molecule is CC(=O)O[C@@H]1[CH][C@@]2(O)[C@H](C=C1C)CCC[C@]2(C)C(C)CN1CCN(c2nccc(C(F)(F)F)n2)CC1. The van der Waals surface area contributed by atoms with Crippen LogP contribution in [0.1, 0.15) is 52.7 Å². The lowest BCUT2D eigenvalue weighted by molar-refractivity contribution is -0.160. The summed E-state index contributed by atoms with van der Waals surface area (Å²) in [7, 11) is 0. The fourth-order valence-corrected chi connectivity index (χ4v) is 6.16. The third kappa shape index (κ3) is 5.11. The smallest absolute Gasteiger partial charge is 0.433 e. The Balaban J connectivity index is 1.42. The van der Waals surface area contributed by atoms with E-state index in [0.29, 0.717) is 26.2 Å². The van der Waals surface area contributed by atoms with Gasteiger partial charge in [-0.1, -0.05) is 26.3 Å². The summed E-state index contributed by atoms with van der Waals surface area (Å²) >= 11 is 0. The van der Waals surface area contributed by atoms with Crippen molar-refractivity contribution < 1.29 is 27.8 Å². The molecular weight excluding hydrogens is 473 g/mol. The van der Waals surface area contributed by atoms with Crippen LogP contribution in [0.2, 0.25) is 0 Å². The molecule has 2 heterocycles. The van der Waals surface area contributed by atoms with Gasteiger partial charge in [0.15, 0.2) is 0 Å². The van der Waals surface area contributed by atoms with Crippen LogP contribution in [0, 0.1) is 23.7 Å². The van der Waals surface area contributed by atoms with Crippen LogP contribution in [0.5, 0.6) is 0 Å². The van der Waals surface area contributed by atoms with Crippen molar-refractivity contribution in [3.8, 4) is 0 Å². The highest BCUT2D eigenvalue weighted by molar-refractivity contribution is 5.66. The number of aromatic nitrogens is 2. The second kappa shape index (κ2) is 9.93. The number of carbonyl (C=O) groups is 1. The van der Waals surface area contributed by atoms with Crippen molar-refractivity contribution >= 4 is 11.9 Å². The van der Waals surface area contributed by atoms with Crippen molar-refractivity contribution in [1.29, 1.82) is 0 Å². The fraction of sp³-hybridized carbons (Fsp3) is 0.692. The van der Waals surface area contributed by atoms with Crippen LogP contribution in [0.3, 0.4) is 0 Å². The molecule has 2 aliphatic carbocycles. The number of aliphatic hydroxyl groups is 1. The van der Waals surface area contributed by atoms with Gasteiger partial charge in [0.1, 0.15) is 11.8 Å². The molecule has 0 spiro atoms. The first-order valence-electron chi connectivity index (χ1n) is 12.6. The van der Waals surface area contributed by atoms with Crippen molar-refractivity contribution in [3.05, 3.63) is 36.0 Å². The average molecular weight is 510 g/mol. The van der Waals surface area contributed by atoms with Gasteiger partial charge >= 0.3 is 12.1 Å². The van der Waals surface area contributed by atoms with Gasteiger partial charge in [0, 0.05) is 63.6 Å². The summed E-state index contributed by atoms with van der Waals surface area (Å²) in [5.74, 6) is -0.174. The number of rotatable bonds is 5. The normalized spacial score (nSPS) is 32.4. The minimum atomic E-state index is -4.50. The van der Waals surface area contributed by atoms with Crippen molar-refractivity contribution in [2.45, 2.75) is 64.8 Å². The van der Waals surface area contributed by atoms with Gasteiger partial charge < -0.3 is 14.7 Å². The lowest BCUT2D eigenvalue weighted by Gasteiger charge is -2.58. The zero-order valence-corrected chi connectivity index (χ0v) is 21.4. The van der Waals surface area contributed by atoms with Crippen LogP contribution < -0.4 is 4.90 Å². The summed E-state index contributed by atoms with van der Waals surface area (Å²) in [4.78, 5) is 23.5. The molecule has 199 valence electrons. The van der Waals surface area contributed by atoms with Gasteiger partial charge in [-0.3, -0.25) is 9.69 Å². The number of carbonyl (C=O) groups excluding carboxylic acids is 1. The van der Waals surface area contributed by atoms with E-state index in [1.165, 1.54) is 6.92 Å². The predicted octanol–water partition coefficient (Wildman–Crippen LogP) is 3.89. The molecule has 2 fully saturated rings. The molecular formula is C26H36F3N4O3. The first-order valence-corrected chi connectivity index (χ1v) is 12.6. The maximum absolute atomic E-state index is 13.0.